The summed E-state index contributed by atoms with van der Waals surface area (Å²) in [6.07, 6.45) is 4.60. The minimum atomic E-state index is -3.84. The lowest BCUT2D eigenvalue weighted by Crippen LogP contribution is -2.44. The molecular weight excluding hydrogens is 408 g/mol. The van der Waals surface area contributed by atoms with Crippen LogP contribution in [0.2, 0.25) is 0 Å². The minimum Gasteiger partial charge on any atom is -0.355 e. The first-order valence-electron chi connectivity index (χ1n) is 10.5. The highest BCUT2D eigenvalue weighted by Crippen LogP contribution is 2.28. The van der Waals surface area contributed by atoms with Gasteiger partial charge in [0, 0.05) is 44.2 Å². The summed E-state index contributed by atoms with van der Waals surface area (Å²) in [7, 11) is -3.84. The molecule has 1 aromatic carbocycles. The van der Waals surface area contributed by atoms with Crippen LogP contribution >= 0.6 is 0 Å². The second-order valence-corrected chi connectivity index (χ2v) is 9.98. The Morgan fingerprint density at radius 3 is 2.47 bits per heavy atom. The Balaban J connectivity index is 1.53. The maximum absolute atomic E-state index is 13.0. The molecule has 0 aromatic heterocycles. The largest absolute Gasteiger partial charge is 0.355 e. The molecule has 0 radical (unpaired) electrons. The second-order valence-electron chi connectivity index (χ2n) is 8.08. The number of hydrogen-bond donors (Lipinski definition) is 1. The summed E-state index contributed by atoms with van der Waals surface area (Å²) in [5, 5.41) is 14.0. The summed E-state index contributed by atoms with van der Waals surface area (Å²) in [5.74, 6) is -0.223. The molecule has 0 unspecified atom stereocenters. The van der Waals surface area contributed by atoms with Crippen molar-refractivity contribution in [3.63, 3.8) is 0 Å². The number of sulfonamides is 1. The monoisotopic (exact) mass is 438 g/mol. The van der Waals surface area contributed by atoms with Crippen LogP contribution in [0.25, 0.3) is 0 Å². The van der Waals surface area contributed by atoms with Gasteiger partial charge < -0.3 is 10.2 Å². The normalized spacial score (nSPS) is 19.5. The zero-order valence-electron chi connectivity index (χ0n) is 17.4. The van der Waals surface area contributed by atoms with E-state index in [-0.39, 0.29) is 35.5 Å². The third-order valence-corrected chi connectivity index (χ3v) is 8.04. The van der Waals surface area contributed by atoms with Crippen molar-refractivity contribution in [1.82, 2.24) is 14.5 Å². The molecule has 0 atom stereocenters. The first-order chi connectivity index (χ1) is 14.3. The van der Waals surface area contributed by atoms with Gasteiger partial charge in [-0.1, -0.05) is 12.5 Å². The molecule has 0 aliphatic carbocycles. The van der Waals surface area contributed by atoms with E-state index in [1.165, 1.54) is 35.7 Å². The molecule has 1 aromatic rings. The molecule has 2 saturated heterocycles. The number of nitrogens with zero attached hydrogens (tertiary/aromatic N) is 3. The lowest BCUT2D eigenvalue weighted by molar-refractivity contribution is -0.385. The van der Waals surface area contributed by atoms with Crippen molar-refractivity contribution in [3.8, 4) is 0 Å². The number of nitro benzene ring substituents is 1. The summed E-state index contributed by atoms with van der Waals surface area (Å²) in [6, 6.07) is 3.87. The Bertz CT molecular complexity index is 875. The van der Waals surface area contributed by atoms with Crippen LogP contribution in [0, 0.1) is 23.0 Å². The number of likely N-dealkylation sites (tertiary alicyclic amines) is 1. The van der Waals surface area contributed by atoms with Crippen molar-refractivity contribution in [2.75, 3.05) is 39.3 Å². The number of aryl methyl sites for hydroxylation is 1. The topological polar surface area (TPSA) is 113 Å². The highest BCUT2D eigenvalue weighted by molar-refractivity contribution is 7.89. The van der Waals surface area contributed by atoms with Gasteiger partial charge in [-0.15, -0.1) is 0 Å². The number of hydrogen-bond acceptors (Lipinski definition) is 6. The molecule has 1 amide bonds. The van der Waals surface area contributed by atoms with Gasteiger partial charge in [-0.25, -0.2) is 8.42 Å². The third kappa shape index (κ3) is 5.35. The van der Waals surface area contributed by atoms with Crippen LogP contribution in [0.3, 0.4) is 0 Å². The molecule has 1 N–H and O–H groups in total. The van der Waals surface area contributed by atoms with Crippen molar-refractivity contribution in [3.05, 3.63) is 33.9 Å². The summed E-state index contributed by atoms with van der Waals surface area (Å²) < 4.78 is 27.3. The van der Waals surface area contributed by atoms with E-state index in [0.29, 0.717) is 24.9 Å². The number of carbonyl (C=O) groups excluding carboxylic acids is 1. The summed E-state index contributed by atoms with van der Waals surface area (Å²) in [6.45, 7) is 5.73. The lowest BCUT2D eigenvalue weighted by Gasteiger charge is -2.31. The summed E-state index contributed by atoms with van der Waals surface area (Å²) >= 11 is 0. The van der Waals surface area contributed by atoms with Crippen molar-refractivity contribution >= 4 is 21.6 Å². The third-order valence-electron chi connectivity index (χ3n) is 6.00. The average molecular weight is 439 g/mol. The Morgan fingerprint density at radius 1 is 1.17 bits per heavy atom. The Morgan fingerprint density at radius 2 is 1.83 bits per heavy atom. The van der Waals surface area contributed by atoms with Gasteiger partial charge in [0.2, 0.25) is 15.9 Å². The van der Waals surface area contributed by atoms with E-state index in [0.717, 1.165) is 25.7 Å². The van der Waals surface area contributed by atoms with Crippen molar-refractivity contribution < 1.29 is 18.1 Å². The Kier molecular flexibility index (Phi) is 7.43. The van der Waals surface area contributed by atoms with Crippen LogP contribution in [0.4, 0.5) is 5.69 Å². The molecule has 0 bridgehead atoms. The predicted octanol–water partition coefficient (Wildman–Crippen LogP) is 1.91. The summed E-state index contributed by atoms with van der Waals surface area (Å²) in [4.78, 5) is 25.2. The molecule has 30 heavy (non-hydrogen) atoms. The van der Waals surface area contributed by atoms with Gasteiger partial charge in [-0.3, -0.25) is 14.9 Å². The van der Waals surface area contributed by atoms with Crippen LogP contribution in [-0.2, 0) is 14.8 Å². The zero-order valence-corrected chi connectivity index (χ0v) is 18.2. The van der Waals surface area contributed by atoms with E-state index in [1.807, 2.05) is 0 Å². The summed E-state index contributed by atoms with van der Waals surface area (Å²) in [5.41, 5.74) is 0.223. The van der Waals surface area contributed by atoms with Gasteiger partial charge in [0.05, 0.1) is 9.82 Å². The van der Waals surface area contributed by atoms with Crippen LogP contribution in [0.1, 0.15) is 37.7 Å². The van der Waals surface area contributed by atoms with Crippen LogP contribution < -0.4 is 5.32 Å². The van der Waals surface area contributed by atoms with Gasteiger partial charge >= 0.3 is 0 Å². The molecule has 2 aliphatic rings. The van der Waals surface area contributed by atoms with E-state index in [9.17, 15) is 23.3 Å². The van der Waals surface area contributed by atoms with Crippen molar-refractivity contribution in [2.24, 2.45) is 5.92 Å². The van der Waals surface area contributed by atoms with Gasteiger partial charge in [0.25, 0.3) is 5.69 Å². The fourth-order valence-electron chi connectivity index (χ4n) is 4.14. The number of non-ortho nitro benzene ring substituents is 1. The van der Waals surface area contributed by atoms with Crippen molar-refractivity contribution in [2.45, 2.75) is 43.9 Å². The Labute approximate surface area is 177 Å². The van der Waals surface area contributed by atoms with Gasteiger partial charge in [0.1, 0.15) is 0 Å². The standard InChI is InChI=1S/C20H30N4O5S/c1-16-5-6-18(24(26)27)15-19(16)30(28,29)23-12-7-17(8-13-23)20(25)21-9-14-22-10-3-2-4-11-22/h5-6,15,17H,2-4,7-14H2,1H3,(H,21,25). The SMILES string of the molecule is Cc1ccc([N+](=O)[O-])cc1S(=O)(=O)N1CCC(C(=O)NCCN2CCCCC2)CC1. The number of carbonyl (C=O) groups is 1. The van der Waals surface area contributed by atoms with Crippen molar-refractivity contribution in [1.29, 1.82) is 0 Å². The molecule has 9 nitrogen and oxygen atoms in total. The number of nitro groups is 1. The smallest absolute Gasteiger partial charge is 0.270 e. The first-order valence-corrected chi connectivity index (χ1v) is 12.0. The molecule has 2 heterocycles. The Hall–Kier alpha value is -2.04. The molecule has 3 rings (SSSR count). The van der Waals surface area contributed by atoms with Crippen LogP contribution in [0.15, 0.2) is 23.1 Å². The predicted molar refractivity (Wildman–Crippen MR) is 113 cm³/mol. The average Bonchev–Trinajstić information content (AvgIpc) is 2.74. The van der Waals surface area contributed by atoms with E-state index in [1.54, 1.807) is 6.92 Å². The van der Waals surface area contributed by atoms with E-state index in [4.69, 9.17) is 0 Å². The van der Waals surface area contributed by atoms with Gasteiger partial charge in [-0.05, 0) is 51.3 Å². The number of rotatable bonds is 7. The van der Waals surface area contributed by atoms with Gasteiger partial charge in [0.15, 0.2) is 0 Å². The lowest BCUT2D eigenvalue weighted by atomic mass is 9.97. The molecule has 10 heteroatoms. The zero-order chi connectivity index (χ0) is 21.7. The second kappa shape index (κ2) is 9.84. The molecule has 0 saturated carbocycles. The fourth-order valence-corrected chi connectivity index (χ4v) is 5.86. The highest BCUT2D eigenvalue weighted by Gasteiger charge is 2.33. The molecular formula is C20H30N4O5S. The fraction of sp³-hybridized carbons (Fsp3) is 0.650. The number of benzene rings is 1. The maximum Gasteiger partial charge on any atom is 0.270 e. The maximum atomic E-state index is 13.0. The molecule has 2 aliphatic heterocycles. The first kappa shape index (κ1) is 22.6. The molecule has 2 fully saturated rings. The minimum absolute atomic E-state index is 0.0180. The van der Waals surface area contributed by atoms with Crippen LogP contribution in [0.5, 0.6) is 0 Å². The quantitative estimate of drug-likeness (QED) is 0.514. The molecule has 166 valence electrons. The highest BCUT2D eigenvalue weighted by atomic mass is 32.2. The number of piperidine rings is 2. The van der Waals surface area contributed by atoms with E-state index < -0.39 is 14.9 Å². The number of amides is 1. The molecule has 0 spiro atoms. The van der Waals surface area contributed by atoms with Crippen LogP contribution in [-0.4, -0.2) is 67.7 Å². The van der Waals surface area contributed by atoms with Gasteiger partial charge in [-0.2, -0.15) is 4.31 Å². The number of nitrogens with one attached hydrogen (secondary N) is 1. The van der Waals surface area contributed by atoms with E-state index >= 15 is 0 Å². The van der Waals surface area contributed by atoms with E-state index in [2.05, 4.69) is 10.2 Å².